The Labute approximate surface area is 252 Å². The number of halogens is 1. The minimum atomic E-state index is -1.23. The third-order valence-corrected chi connectivity index (χ3v) is 7.93. The summed E-state index contributed by atoms with van der Waals surface area (Å²) in [5.41, 5.74) is 0.336. The van der Waals surface area contributed by atoms with E-state index in [9.17, 15) is 33.2 Å². The third-order valence-electron chi connectivity index (χ3n) is 7.93. The number of hydrogen-bond donors (Lipinski definition) is 4. The van der Waals surface area contributed by atoms with Crippen LogP contribution in [0, 0.1) is 17.7 Å². The van der Waals surface area contributed by atoms with Crippen LogP contribution >= 0.6 is 0 Å². The molecule has 2 fully saturated rings. The van der Waals surface area contributed by atoms with E-state index in [-0.39, 0.29) is 35.0 Å². The number of carbonyl (C=O) groups is 6. The third kappa shape index (κ3) is 7.55. The molecule has 0 bridgehead atoms. The molecule has 0 radical (unpaired) electrons. The molecule has 3 amide bonds. The molecule has 0 spiro atoms. The van der Waals surface area contributed by atoms with E-state index in [1.165, 1.54) is 30.3 Å². The molecule has 2 heterocycles. The molecular formula is C32H33FN4O7. The van der Waals surface area contributed by atoms with Gasteiger partial charge in [-0.25, -0.2) is 9.18 Å². The second kappa shape index (κ2) is 13.6. The van der Waals surface area contributed by atoms with Crippen molar-refractivity contribution in [2.45, 2.75) is 50.6 Å². The number of rotatable bonds is 13. The first-order chi connectivity index (χ1) is 21.2. The number of piperidine rings is 1. The predicted molar refractivity (Wildman–Crippen MR) is 156 cm³/mol. The number of nitrogens with one attached hydrogen (secondary N) is 4. The fourth-order valence-corrected chi connectivity index (χ4v) is 5.29. The van der Waals surface area contributed by atoms with Crippen LogP contribution in [0.2, 0.25) is 0 Å². The van der Waals surface area contributed by atoms with Crippen molar-refractivity contribution in [3.8, 4) is 0 Å². The fraction of sp³-hybridized carbons (Fsp3) is 0.375. The Morgan fingerprint density at radius 1 is 0.932 bits per heavy atom. The van der Waals surface area contributed by atoms with Crippen molar-refractivity contribution >= 4 is 46.2 Å². The van der Waals surface area contributed by atoms with Gasteiger partial charge in [-0.05, 0) is 43.7 Å². The highest BCUT2D eigenvalue weighted by molar-refractivity contribution is 6.40. The van der Waals surface area contributed by atoms with Crippen LogP contribution in [0.3, 0.4) is 0 Å². The molecule has 3 aromatic rings. The zero-order valence-electron chi connectivity index (χ0n) is 23.9. The first kappa shape index (κ1) is 30.6. The van der Waals surface area contributed by atoms with Crippen molar-refractivity contribution in [3.05, 3.63) is 71.7 Å². The highest BCUT2D eigenvalue weighted by Crippen LogP contribution is 2.34. The average Bonchev–Trinajstić information content (AvgIpc) is 3.74. The zero-order chi connectivity index (χ0) is 31.2. The number of benzene rings is 2. The number of amides is 3. The van der Waals surface area contributed by atoms with Gasteiger partial charge in [0.2, 0.25) is 11.8 Å². The maximum Gasteiger partial charge on any atom is 0.380 e. The molecule has 1 saturated carbocycles. The first-order valence-electron chi connectivity index (χ1n) is 14.6. The van der Waals surface area contributed by atoms with Gasteiger partial charge in [-0.2, -0.15) is 0 Å². The van der Waals surface area contributed by atoms with Gasteiger partial charge in [-0.15, -0.1) is 0 Å². The average molecular weight is 605 g/mol. The van der Waals surface area contributed by atoms with Crippen molar-refractivity contribution < 1.29 is 37.9 Å². The Balaban J connectivity index is 1.28. The van der Waals surface area contributed by atoms with Gasteiger partial charge >= 0.3 is 5.97 Å². The molecular weight excluding hydrogens is 571 g/mol. The summed E-state index contributed by atoms with van der Waals surface area (Å²) < 4.78 is 19.2. The number of Topliss-reactive ketones (excluding diaryl/α,β-unsaturated/α-hetero) is 2. The van der Waals surface area contributed by atoms with Gasteiger partial charge in [0, 0.05) is 23.4 Å². The Kier molecular flexibility index (Phi) is 9.47. The summed E-state index contributed by atoms with van der Waals surface area (Å²) >= 11 is 0. The van der Waals surface area contributed by atoms with E-state index in [0.717, 1.165) is 12.8 Å². The number of aromatic amines is 1. The number of para-hydroxylation sites is 1. The molecule has 5 rings (SSSR count). The molecule has 1 aromatic heterocycles. The minimum Gasteiger partial charge on any atom is -0.452 e. The summed E-state index contributed by atoms with van der Waals surface area (Å²) in [6.45, 7) is -0.288. The van der Waals surface area contributed by atoms with Crippen LogP contribution in [0.25, 0.3) is 10.9 Å². The lowest BCUT2D eigenvalue weighted by Gasteiger charge is -2.27. The zero-order valence-corrected chi connectivity index (χ0v) is 23.9. The molecule has 2 aliphatic rings. The summed E-state index contributed by atoms with van der Waals surface area (Å²) in [4.78, 5) is 80.0. The quantitative estimate of drug-likeness (QED) is 0.132. The summed E-state index contributed by atoms with van der Waals surface area (Å²) in [5, 5.41) is 8.61. The number of aromatic nitrogens is 1. The molecule has 3 atom stereocenters. The fourth-order valence-electron chi connectivity index (χ4n) is 5.29. The highest BCUT2D eigenvalue weighted by Gasteiger charge is 2.35. The van der Waals surface area contributed by atoms with E-state index in [4.69, 9.17) is 4.74 Å². The van der Waals surface area contributed by atoms with Crippen molar-refractivity contribution in [2.75, 3.05) is 13.2 Å². The van der Waals surface area contributed by atoms with E-state index in [1.807, 2.05) is 0 Å². The largest absolute Gasteiger partial charge is 0.452 e. The summed E-state index contributed by atoms with van der Waals surface area (Å²) in [7, 11) is 0. The topological polar surface area (TPSA) is 164 Å². The Hall–Kier alpha value is -4.87. The molecule has 1 aliphatic heterocycles. The molecule has 2 unspecified atom stereocenters. The summed E-state index contributed by atoms with van der Waals surface area (Å²) in [5.74, 6) is -5.26. The Morgan fingerprint density at radius 3 is 2.41 bits per heavy atom. The number of ketones is 2. The van der Waals surface area contributed by atoms with E-state index in [0.29, 0.717) is 31.2 Å². The van der Waals surface area contributed by atoms with Crippen molar-refractivity contribution in [2.24, 2.45) is 11.8 Å². The van der Waals surface area contributed by atoms with Crippen LogP contribution in [0.1, 0.15) is 59.4 Å². The lowest BCUT2D eigenvalue weighted by atomic mass is 9.90. The van der Waals surface area contributed by atoms with E-state index >= 15 is 0 Å². The number of hydrogen-bond acceptors (Lipinski definition) is 7. The predicted octanol–water partition coefficient (Wildman–Crippen LogP) is 2.60. The first-order valence-corrected chi connectivity index (χ1v) is 14.6. The van der Waals surface area contributed by atoms with Gasteiger partial charge in [0.05, 0.1) is 11.6 Å². The van der Waals surface area contributed by atoms with Crippen molar-refractivity contribution in [1.82, 2.24) is 20.9 Å². The maximum atomic E-state index is 14.2. The number of carbonyl (C=O) groups excluding carboxylic acids is 6. The molecule has 12 heteroatoms. The highest BCUT2D eigenvalue weighted by atomic mass is 19.1. The smallest absolute Gasteiger partial charge is 0.380 e. The lowest BCUT2D eigenvalue weighted by Crippen LogP contribution is -2.53. The van der Waals surface area contributed by atoms with Gasteiger partial charge in [-0.3, -0.25) is 24.0 Å². The number of esters is 1. The normalized spacial score (nSPS) is 17.7. The van der Waals surface area contributed by atoms with Crippen molar-refractivity contribution in [1.29, 1.82) is 0 Å². The standard InChI is InChI=1S/C32H33FN4O7/c33-22-10-4-8-20-15-25(35-27(20)22)31(42)37-24(14-18-11-12-18)30(41)36-23(16-21-9-5-13-34-29(21)40)26(38)17-44-32(43)28(39)19-6-2-1-3-7-19/h1-4,6-8,10,15,18,21,23-24,35H,5,9,11-14,16-17H2,(H,34,40)(H,36,41)(H,37,42)/t21-,23?,24?/m0/s1. The lowest BCUT2D eigenvalue weighted by molar-refractivity contribution is -0.144. The molecule has 4 N–H and O–H groups in total. The van der Waals surface area contributed by atoms with Gasteiger partial charge in [0.25, 0.3) is 11.7 Å². The second-order valence-electron chi connectivity index (χ2n) is 11.3. The van der Waals surface area contributed by atoms with Crippen LogP contribution in [-0.4, -0.2) is 65.5 Å². The van der Waals surface area contributed by atoms with Gasteiger partial charge in [0.1, 0.15) is 17.6 Å². The second-order valence-corrected chi connectivity index (χ2v) is 11.3. The minimum absolute atomic E-state index is 0.0496. The van der Waals surface area contributed by atoms with E-state index in [2.05, 4.69) is 20.9 Å². The molecule has 1 saturated heterocycles. The van der Waals surface area contributed by atoms with E-state index < -0.39 is 59.8 Å². The van der Waals surface area contributed by atoms with Crippen LogP contribution in [0.5, 0.6) is 0 Å². The van der Waals surface area contributed by atoms with E-state index in [1.54, 1.807) is 24.3 Å². The molecule has 1 aliphatic carbocycles. The Morgan fingerprint density at radius 2 is 1.70 bits per heavy atom. The summed E-state index contributed by atoms with van der Waals surface area (Å²) in [6.07, 6.45) is 3.22. The number of fused-ring (bicyclic) bond motifs is 1. The summed E-state index contributed by atoms with van der Waals surface area (Å²) in [6, 6.07) is 11.4. The monoisotopic (exact) mass is 604 g/mol. The van der Waals surface area contributed by atoms with Gasteiger partial charge in [0.15, 0.2) is 12.4 Å². The number of ether oxygens (including phenoxy) is 1. The van der Waals surface area contributed by atoms with Crippen molar-refractivity contribution in [3.63, 3.8) is 0 Å². The number of H-pyrrole nitrogens is 1. The SMILES string of the molecule is O=C(OCC(=O)C(C[C@@H]1CCCNC1=O)NC(=O)C(CC1CC1)NC(=O)c1cc2cccc(F)c2[nH]1)C(=O)c1ccccc1. The van der Waals surface area contributed by atoms with Gasteiger partial charge in [-0.1, -0.05) is 55.3 Å². The molecule has 2 aromatic carbocycles. The molecule has 230 valence electrons. The van der Waals surface area contributed by atoms with Crippen LogP contribution in [0.15, 0.2) is 54.6 Å². The molecule has 44 heavy (non-hydrogen) atoms. The Bertz CT molecular complexity index is 1580. The van der Waals surface area contributed by atoms with Gasteiger partial charge < -0.3 is 25.7 Å². The van der Waals surface area contributed by atoms with Crippen LogP contribution in [-0.2, 0) is 23.9 Å². The molecule has 11 nitrogen and oxygen atoms in total. The maximum absolute atomic E-state index is 14.2. The van der Waals surface area contributed by atoms with Crippen LogP contribution in [0.4, 0.5) is 4.39 Å². The van der Waals surface area contributed by atoms with Crippen LogP contribution < -0.4 is 16.0 Å².